The number of nitrogens with one attached hydrogen (secondary N) is 1. The van der Waals surface area contributed by atoms with Gasteiger partial charge in [0.1, 0.15) is 12.4 Å². The van der Waals surface area contributed by atoms with E-state index in [1.165, 1.54) is 6.42 Å². The van der Waals surface area contributed by atoms with Crippen LogP contribution in [0.4, 0.5) is 0 Å². The molecule has 130 valence electrons. The molecule has 1 amide bonds. The molecule has 1 aliphatic rings. The standard InChI is InChI=1S/C21H24N2O2/c24-21(19-11-5-2-6-12-19)23-22-15-18-10-7-13-20(14-18)25-16-17-8-3-1-4-9-17/h1,3-4,7-10,13-15,19H,2,5-6,11-12,16H2,(H,23,24). The van der Waals surface area contributed by atoms with Crippen LogP contribution in [-0.4, -0.2) is 12.1 Å². The molecule has 0 bridgehead atoms. The second-order valence-corrected chi connectivity index (χ2v) is 6.42. The Bertz CT molecular complexity index is 707. The van der Waals surface area contributed by atoms with E-state index >= 15 is 0 Å². The fourth-order valence-corrected chi connectivity index (χ4v) is 3.05. The summed E-state index contributed by atoms with van der Waals surface area (Å²) < 4.78 is 5.81. The van der Waals surface area contributed by atoms with E-state index in [1.807, 2.05) is 54.6 Å². The summed E-state index contributed by atoms with van der Waals surface area (Å²) in [7, 11) is 0. The van der Waals surface area contributed by atoms with Crippen molar-refractivity contribution in [1.82, 2.24) is 5.43 Å². The van der Waals surface area contributed by atoms with Crippen molar-refractivity contribution in [3.8, 4) is 5.75 Å². The van der Waals surface area contributed by atoms with Crippen LogP contribution in [0.2, 0.25) is 0 Å². The molecule has 0 radical (unpaired) electrons. The van der Waals surface area contributed by atoms with Crippen molar-refractivity contribution in [2.45, 2.75) is 38.7 Å². The van der Waals surface area contributed by atoms with Crippen LogP contribution in [0.15, 0.2) is 59.7 Å². The Morgan fingerprint density at radius 3 is 2.68 bits per heavy atom. The topological polar surface area (TPSA) is 50.7 Å². The molecule has 1 fully saturated rings. The van der Waals surface area contributed by atoms with Crippen LogP contribution in [0.25, 0.3) is 0 Å². The number of hydrogen-bond donors (Lipinski definition) is 1. The SMILES string of the molecule is O=C(NN=Cc1cccc(OCc2ccccc2)c1)C1CCCCC1. The number of hydrazone groups is 1. The minimum atomic E-state index is 0.0347. The molecule has 0 spiro atoms. The minimum absolute atomic E-state index is 0.0347. The quantitative estimate of drug-likeness (QED) is 0.632. The smallest absolute Gasteiger partial charge is 0.243 e. The Labute approximate surface area is 148 Å². The van der Waals surface area contributed by atoms with Crippen LogP contribution in [0, 0.1) is 5.92 Å². The molecule has 0 aromatic heterocycles. The lowest BCUT2D eigenvalue weighted by atomic mass is 9.89. The average Bonchev–Trinajstić information content (AvgIpc) is 2.68. The molecule has 1 aliphatic carbocycles. The van der Waals surface area contributed by atoms with Gasteiger partial charge in [-0.3, -0.25) is 4.79 Å². The van der Waals surface area contributed by atoms with Crippen molar-refractivity contribution < 1.29 is 9.53 Å². The van der Waals surface area contributed by atoms with Gasteiger partial charge < -0.3 is 4.74 Å². The maximum Gasteiger partial charge on any atom is 0.243 e. The average molecular weight is 336 g/mol. The van der Waals surface area contributed by atoms with Gasteiger partial charge in [0.15, 0.2) is 0 Å². The molecular formula is C21H24N2O2. The first-order chi connectivity index (χ1) is 12.3. The third-order valence-corrected chi connectivity index (χ3v) is 4.47. The highest BCUT2D eigenvalue weighted by molar-refractivity contribution is 5.83. The molecule has 0 saturated heterocycles. The van der Waals surface area contributed by atoms with E-state index in [9.17, 15) is 4.79 Å². The first-order valence-electron chi connectivity index (χ1n) is 8.91. The van der Waals surface area contributed by atoms with Crippen molar-refractivity contribution in [3.05, 3.63) is 65.7 Å². The van der Waals surface area contributed by atoms with Gasteiger partial charge in [0.05, 0.1) is 6.21 Å². The van der Waals surface area contributed by atoms with Crippen LogP contribution >= 0.6 is 0 Å². The summed E-state index contributed by atoms with van der Waals surface area (Å²) in [5.41, 5.74) is 4.69. The Morgan fingerprint density at radius 2 is 1.88 bits per heavy atom. The van der Waals surface area contributed by atoms with Crippen LogP contribution in [-0.2, 0) is 11.4 Å². The fraction of sp³-hybridized carbons (Fsp3) is 0.333. The van der Waals surface area contributed by atoms with Gasteiger partial charge in [-0.1, -0.05) is 61.7 Å². The second-order valence-electron chi connectivity index (χ2n) is 6.42. The Morgan fingerprint density at radius 1 is 1.08 bits per heavy atom. The number of amides is 1. The van der Waals surface area contributed by atoms with Crippen molar-refractivity contribution in [3.63, 3.8) is 0 Å². The first kappa shape index (κ1) is 17.2. The number of hydrogen-bond acceptors (Lipinski definition) is 3. The maximum absolute atomic E-state index is 12.1. The van der Waals surface area contributed by atoms with Crippen LogP contribution in [0.1, 0.15) is 43.2 Å². The van der Waals surface area contributed by atoms with E-state index < -0.39 is 0 Å². The third-order valence-electron chi connectivity index (χ3n) is 4.47. The number of carbonyl (C=O) groups excluding carboxylic acids is 1. The van der Waals surface area contributed by atoms with E-state index in [-0.39, 0.29) is 11.8 Å². The molecule has 0 aliphatic heterocycles. The molecule has 4 nitrogen and oxygen atoms in total. The van der Waals surface area contributed by atoms with Gasteiger partial charge in [-0.15, -0.1) is 0 Å². The summed E-state index contributed by atoms with van der Waals surface area (Å²) in [5, 5.41) is 4.10. The van der Waals surface area contributed by atoms with E-state index in [2.05, 4.69) is 10.5 Å². The van der Waals surface area contributed by atoms with Crippen LogP contribution in [0.3, 0.4) is 0 Å². The summed E-state index contributed by atoms with van der Waals surface area (Å²) in [4.78, 5) is 12.1. The fourth-order valence-electron chi connectivity index (χ4n) is 3.05. The summed E-state index contributed by atoms with van der Waals surface area (Å²) in [6.07, 6.45) is 7.14. The normalized spacial score (nSPS) is 15.2. The van der Waals surface area contributed by atoms with Crippen LogP contribution < -0.4 is 10.2 Å². The molecule has 0 atom stereocenters. The molecule has 1 saturated carbocycles. The van der Waals surface area contributed by atoms with Crippen molar-refractivity contribution in [2.24, 2.45) is 11.0 Å². The van der Waals surface area contributed by atoms with E-state index in [0.717, 1.165) is 42.6 Å². The number of carbonyl (C=O) groups is 1. The number of benzene rings is 2. The molecule has 25 heavy (non-hydrogen) atoms. The predicted octanol–water partition coefficient (Wildman–Crippen LogP) is 4.30. The van der Waals surface area contributed by atoms with E-state index in [4.69, 9.17) is 4.74 Å². The Hall–Kier alpha value is -2.62. The highest BCUT2D eigenvalue weighted by atomic mass is 16.5. The zero-order valence-corrected chi connectivity index (χ0v) is 14.4. The monoisotopic (exact) mass is 336 g/mol. The minimum Gasteiger partial charge on any atom is -0.489 e. The van der Waals surface area contributed by atoms with Crippen molar-refractivity contribution in [1.29, 1.82) is 0 Å². The molecule has 4 heteroatoms. The van der Waals surface area contributed by atoms with Gasteiger partial charge in [0.2, 0.25) is 5.91 Å². The number of nitrogens with zero attached hydrogens (tertiary/aromatic N) is 1. The van der Waals surface area contributed by atoms with Crippen LogP contribution in [0.5, 0.6) is 5.75 Å². The maximum atomic E-state index is 12.1. The van der Waals surface area contributed by atoms with E-state index in [1.54, 1.807) is 6.21 Å². The highest BCUT2D eigenvalue weighted by Crippen LogP contribution is 2.23. The Balaban J connectivity index is 1.51. The zero-order valence-electron chi connectivity index (χ0n) is 14.4. The van der Waals surface area contributed by atoms with Gasteiger partial charge in [-0.2, -0.15) is 5.10 Å². The summed E-state index contributed by atoms with van der Waals surface area (Å²) >= 11 is 0. The highest BCUT2D eigenvalue weighted by Gasteiger charge is 2.20. The van der Waals surface area contributed by atoms with Crippen molar-refractivity contribution >= 4 is 12.1 Å². The van der Waals surface area contributed by atoms with Gasteiger partial charge in [-0.25, -0.2) is 5.43 Å². The molecule has 2 aromatic carbocycles. The molecule has 2 aromatic rings. The second kappa shape index (κ2) is 9.02. The molecule has 1 N–H and O–H groups in total. The molecule has 3 rings (SSSR count). The van der Waals surface area contributed by atoms with E-state index in [0.29, 0.717) is 6.61 Å². The summed E-state index contributed by atoms with van der Waals surface area (Å²) in [6, 6.07) is 17.7. The number of ether oxygens (including phenoxy) is 1. The van der Waals surface area contributed by atoms with Gasteiger partial charge >= 0.3 is 0 Å². The largest absolute Gasteiger partial charge is 0.489 e. The van der Waals surface area contributed by atoms with Gasteiger partial charge in [0.25, 0.3) is 0 Å². The summed E-state index contributed by atoms with van der Waals surface area (Å²) in [5.74, 6) is 0.935. The number of rotatable bonds is 6. The van der Waals surface area contributed by atoms with Crippen molar-refractivity contribution in [2.75, 3.05) is 0 Å². The lowest BCUT2D eigenvalue weighted by molar-refractivity contribution is -0.125. The predicted molar refractivity (Wildman–Crippen MR) is 99.5 cm³/mol. The zero-order chi connectivity index (χ0) is 17.3. The first-order valence-corrected chi connectivity index (χ1v) is 8.91. The lowest BCUT2D eigenvalue weighted by Gasteiger charge is -2.19. The summed E-state index contributed by atoms with van der Waals surface area (Å²) in [6.45, 7) is 0.528. The third kappa shape index (κ3) is 5.45. The lowest BCUT2D eigenvalue weighted by Crippen LogP contribution is -2.28. The van der Waals surface area contributed by atoms with Gasteiger partial charge in [-0.05, 0) is 36.1 Å². The molecular weight excluding hydrogens is 312 g/mol. The molecule has 0 heterocycles. The Kier molecular flexibility index (Phi) is 6.21. The van der Waals surface area contributed by atoms with Gasteiger partial charge in [0, 0.05) is 5.92 Å². The molecule has 0 unspecified atom stereocenters.